The molecule has 8 aromatic rings. The van der Waals surface area contributed by atoms with Crippen molar-refractivity contribution in [3.8, 4) is 22.9 Å². The molecule has 0 saturated heterocycles. The van der Waals surface area contributed by atoms with Crippen molar-refractivity contribution in [1.82, 2.24) is 49.5 Å². The molecule has 12 nitrogen and oxygen atoms in total. The maximum Gasteiger partial charge on any atom is 0.314 e. The Balaban J connectivity index is 0.000000157. The van der Waals surface area contributed by atoms with Crippen LogP contribution in [0, 0.1) is 0 Å². The molecule has 0 radical (unpaired) electrons. The monoisotopic (exact) mass is 810 g/mol. The predicted molar refractivity (Wildman–Crippen MR) is 178 cm³/mol. The second-order valence-electron chi connectivity index (χ2n) is 10.6. The summed E-state index contributed by atoms with van der Waals surface area (Å²) in [6.07, 6.45) is 0.963. The lowest BCUT2D eigenvalue weighted by atomic mass is 10.2. The van der Waals surface area contributed by atoms with E-state index in [0.717, 1.165) is 42.4 Å². The van der Waals surface area contributed by atoms with Crippen LogP contribution in [0.1, 0.15) is 36.0 Å². The first-order chi connectivity index (χ1) is 24.2. The molecule has 0 amide bonds. The molecule has 0 spiro atoms. The molecule has 8 rings (SSSR count). The summed E-state index contributed by atoms with van der Waals surface area (Å²) in [4.78, 5) is 17.4. The van der Waals surface area contributed by atoms with Crippen LogP contribution < -0.4 is 0 Å². The summed E-state index contributed by atoms with van der Waals surface area (Å²) in [5, 5.41) is 13.8. The van der Waals surface area contributed by atoms with Crippen molar-refractivity contribution in [2.45, 2.75) is 25.9 Å². The summed E-state index contributed by atoms with van der Waals surface area (Å²) in [6, 6.07) is 18.7. The van der Waals surface area contributed by atoms with Gasteiger partial charge in [0.15, 0.2) is 0 Å². The Hall–Kier alpha value is -5.36. The lowest BCUT2D eigenvalue weighted by molar-refractivity contribution is 0.115. The molecule has 0 atom stereocenters. The van der Waals surface area contributed by atoms with Gasteiger partial charge in [-0.3, -0.25) is 9.97 Å². The summed E-state index contributed by atoms with van der Waals surface area (Å²) >= 11 is 6.87. The van der Waals surface area contributed by atoms with E-state index in [1.807, 2.05) is 45.5 Å². The molecule has 2 aromatic carbocycles. The highest BCUT2D eigenvalue weighted by molar-refractivity contribution is 9.10. The van der Waals surface area contributed by atoms with E-state index in [4.69, 9.17) is 8.83 Å². The van der Waals surface area contributed by atoms with E-state index in [9.17, 15) is 17.6 Å². The van der Waals surface area contributed by atoms with Crippen LogP contribution in [0.4, 0.5) is 17.6 Å². The third-order valence-corrected chi connectivity index (χ3v) is 8.22. The second kappa shape index (κ2) is 14.2. The minimum absolute atomic E-state index is 0.0198. The van der Waals surface area contributed by atoms with Gasteiger partial charge in [-0.05, 0) is 60.7 Å². The average Bonchev–Trinajstić information content (AvgIpc) is 3.93. The highest BCUT2D eigenvalue weighted by atomic mass is 79.9. The molecule has 0 bridgehead atoms. The third-order valence-electron chi connectivity index (χ3n) is 7.23. The van der Waals surface area contributed by atoms with Gasteiger partial charge in [0, 0.05) is 21.3 Å². The molecule has 0 fully saturated rings. The molecule has 252 valence electrons. The Morgan fingerprint density at radius 2 is 1.08 bits per heavy atom. The smallest absolute Gasteiger partial charge is 0.314 e. The number of hydrogen-bond acceptors (Lipinski definition) is 10. The molecule has 18 heteroatoms. The third kappa shape index (κ3) is 7.30. The highest BCUT2D eigenvalue weighted by Gasteiger charge is 2.18. The molecule has 0 aliphatic heterocycles. The van der Waals surface area contributed by atoms with Gasteiger partial charge in [-0.15, -0.1) is 20.4 Å². The average molecular weight is 812 g/mol. The SMILES string of the molecule is FC(F)c1nnc(-c2ccc(Cn3cnc4cc(Br)ccc43)nc2)o1.FC(F)c1nnc(-c2ccc(Cn3cnc4ccc(Br)cc43)nc2)o1. The number of alkyl halides is 4. The minimum atomic E-state index is -2.79. The van der Waals surface area contributed by atoms with E-state index >= 15 is 0 Å². The normalized spacial score (nSPS) is 11.5. The molecule has 50 heavy (non-hydrogen) atoms. The quantitative estimate of drug-likeness (QED) is 0.137. The lowest BCUT2D eigenvalue weighted by Gasteiger charge is -2.04. The first kappa shape index (κ1) is 33.2. The fourth-order valence-electron chi connectivity index (χ4n) is 4.84. The minimum Gasteiger partial charge on any atom is -0.415 e. The molecule has 0 aliphatic rings. The van der Waals surface area contributed by atoms with E-state index in [-0.39, 0.29) is 11.8 Å². The number of aromatic nitrogens is 10. The number of rotatable bonds is 8. The van der Waals surface area contributed by atoms with Crippen molar-refractivity contribution in [3.63, 3.8) is 0 Å². The van der Waals surface area contributed by atoms with Gasteiger partial charge >= 0.3 is 12.9 Å². The highest BCUT2D eigenvalue weighted by Crippen LogP contribution is 2.25. The predicted octanol–water partition coefficient (Wildman–Crippen LogP) is 8.46. The number of nitrogens with zero attached hydrogens (tertiary/aromatic N) is 10. The Kier molecular flexibility index (Phi) is 9.44. The zero-order chi connectivity index (χ0) is 34.8. The summed E-state index contributed by atoms with van der Waals surface area (Å²) in [5.74, 6) is -1.36. The molecule has 0 aliphatic carbocycles. The van der Waals surface area contributed by atoms with Crippen molar-refractivity contribution in [2.75, 3.05) is 0 Å². The number of fused-ring (bicyclic) bond motifs is 2. The van der Waals surface area contributed by atoms with Crippen molar-refractivity contribution < 1.29 is 26.4 Å². The van der Waals surface area contributed by atoms with Crippen molar-refractivity contribution >= 4 is 53.9 Å². The van der Waals surface area contributed by atoms with Gasteiger partial charge in [0.1, 0.15) is 0 Å². The molecule has 0 N–H and O–H groups in total. The Morgan fingerprint density at radius 1 is 0.560 bits per heavy atom. The molecule has 6 aromatic heterocycles. The Morgan fingerprint density at radius 3 is 1.60 bits per heavy atom. The fourth-order valence-corrected chi connectivity index (χ4v) is 5.53. The fraction of sp³-hybridized carbons (Fsp3) is 0.125. The lowest BCUT2D eigenvalue weighted by Crippen LogP contribution is -2.00. The first-order valence-electron chi connectivity index (χ1n) is 14.5. The second-order valence-corrected chi connectivity index (χ2v) is 12.4. The zero-order valence-corrected chi connectivity index (χ0v) is 28.4. The molecule has 6 heterocycles. The molecule has 0 unspecified atom stereocenters. The van der Waals surface area contributed by atoms with Gasteiger partial charge in [0.2, 0.25) is 11.8 Å². The molecular formula is C32H20Br2F4N10O2. The summed E-state index contributed by atoms with van der Waals surface area (Å²) < 4.78 is 65.7. The van der Waals surface area contributed by atoms with Crippen molar-refractivity contribution in [3.05, 3.63) is 118 Å². The van der Waals surface area contributed by atoms with Gasteiger partial charge in [0.05, 0.1) is 70.3 Å². The summed E-state index contributed by atoms with van der Waals surface area (Å²) in [5.41, 5.74) is 6.31. The molecular weight excluding hydrogens is 792 g/mol. The van der Waals surface area contributed by atoms with E-state index in [2.05, 4.69) is 72.2 Å². The topological polar surface area (TPSA) is 139 Å². The molecule has 0 saturated carbocycles. The van der Waals surface area contributed by atoms with Crippen LogP contribution >= 0.6 is 31.9 Å². The Bertz CT molecular complexity index is 2390. The number of imidazole rings is 2. The number of pyridine rings is 2. The van der Waals surface area contributed by atoms with Gasteiger partial charge < -0.3 is 18.0 Å². The van der Waals surface area contributed by atoms with Crippen LogP contribution in [0.15, 0.2) is 103 Å². The summed E-state index contributed by atoms with van der Waals surface area (Å²) in [7, 11) is 0. The van der Waals surface area contributed by atoms with Crippen LogP contribution in [-0.2, 0) is 13.1 Å². The van der Waals surface area contributed by atoms with Gasteiger partial charge in [-0.1, -0.05) is 31.9 Å². The standard InChI is InChI=1S/2C16H10BrF2N5O/c17-10-2-4-13-12(5-10)21-8-24(13)7-11-3-1-9(6-20-11)15-22-23-16(25-15)14(18)19;17-10-2-4-12-13(5-10)24(8-21-12)7-11-3-1-9(6-20-11)15-22-23-16(25-15)14(18)19/h2*1-6,8,14H,7H2. The van der Waals surface area contributed by atoms with E-state index in [1.165, 1.54) is 12.4 Å². The van der Waals surface area contributed by atoms with Crippen LogP contribution in [0.3, 0.4) is 0 Å². The zero-order valence-electron chi connectivity index (χ0n) is 25.2. The van der Waals surface area contributed by atoms with E-state index in [0.29, 0.717) is 24.2 Å². The van der Waals surface area contributed by atoms with Crippen LogP contribution in [0.25, 0.3) is 45.0 Å². The van der Waals surface area contributed by atoms with Gasteiger partial charge in [-0.25, -0.2) is 9.97 Å². The summed E-state index contributed by atoms with van der Waals surface area (Å²) in [6.45, 7) is 1.06. The maximum atomic E-state index is 12.5. The van der Waals surface area contributed by atoms with Crippen molar-refractivity contribution in [2.24, 2.45) is 0 Å². The number of halogens is 6. The number of benzene rings is 2. The maximum absolute atomic E-state index is 12.5. The van der Waals surface area contributed by atoms with Crippen LogP contribution in [-0.4, -0.2) is 49.5 Å². The number of hydrogen-bond donors (Lipinski definition) is 0. The van der Waals surface area contributed by atoms with Gasteiger partial charge in [0.25, 0.3) is 11.8 Å². The van der Waals surface area contributed by atoms with E-state index < -0.39 is 24.6 Å². The Labute approximate surface area is 295 Å². The van der Waals surface area contributed by atoms with Gasteiger partial charge in [-0.2, -0.15) is 17.6 Å². The van der Waals surface area contributed by atoms with Crippen LogP contribution in [0.2, 0.25) is 0 Å². The van der Waals surface area contributed by atoms with Crippen LogP contribution in [0.5, 0.6) is 0 Å². The van der Waals surface area contributed by atoms with E-state index in [1.54, 1.807) is 36.9 Å². The largest absolute Gasteiger partial charge is 0.415 e. The van der Waals surface area contributed by atoms with Crippen molar-refractivity contribution in [1.29, 1.82) is 0 Å². The first-order valence-corrected chi connectivity index (χ1v) is 16.1.